The highest BCUT2D eigenvalue weighted by Crippen LogP contribution is 2.43. The van der Waals surface area contributed by atoms with Crippen LogP contribution in [0.4, 0.5) is 10.1 Å². The first-order chi connectivity index (χ1) is 17.9. The number of nitrogens with zero attached hydrogens (tertiary/aromatic N) is 2. The van der Waals surface area contributed by atoms with Gasteiger partial charge in [-0.3, -0.25) is 9.59 Å². The van der Waals surface area contributed by atoms with Gasteiger partial charge in [0.15, 0.2) is 10.9 Å². The number of thioether (sulfide) groups is 1. The molecule has 0 atom stereocenters. The number of rotatable bonds is 8. The number of methoxy groups -OCH3 is 1. The third-order valence-electron chi connectivity index (χ3n) is 5.16. The van der Waals surface area contributed by atoms with Gasteiger partial charge in [-0.05, 0) is 36.1 Å². The number of hydrogen-bond acceptors (Lipinski definition) is 6. The van der Waals surface area contributed by atoms with E-state index in [0.29, 0.717) is 0 Å². The number of carbonyl (C=O) groups excluding carboxylic acids is 2. The Labute approximate surface area is 218 Å². The topological polar surface area (TPSA) is 107 Å². The van der Waals surface area contributed by atoms with E-state index < -0.39 is 17.6 Å². The third kappa shape index (κ3) is 6.94. The minimum Gasteiger partial charge on any atom is -0.496 e. The minimum absolute atomic E-state index is 0.0443. The fourth-order valence-corrected chi connectivity index (χ4v) is 3.86. The predicted octanol–water partition coefficient (Wildman–Crippen LogP) is 4.96. The average molecular weight is 521 g/mol. The van der Waals surface area contributed by atoms with Crippen molar-refractivity contribution in [3.8, 4) is 22.6 Å². The molecule has 0 aliphatic carbocycles. The van der Waals surface area contributed by atoms with Crippen molar-refractivity contribution in [2.24, 2.45) is 10.7 Å². The van der Waals surface area contributed by atoms with Gasteiger partial charge in [-0.2, -0.15) is 4.99 Å². The zero-order chi connectivity index (χ0) is 26.8. The van der Waals surface area contributed by atoms with Crippen LogP contribution in [-0.4, -0.2) is 36.9 Å². The molecule has 0 bridgehead atoms. The van der Waals surface area contributed by atoms with Crippen LogP contribution in [0.2, 0.25) is 0 Å². The fourth-order valence-electron chi connectivity index (χ4n) is 3.47. The molecule has 3 aromatic carbocycles. The summed E-state index contributed by atoms with van der Waals surface area (Å²) in [5.41, 5.74) is 6.60. The molecule has 0 aliphatic heterocycles. The Kier molecular flexibility index (Phi) is 9.77. The zero-order valence-corrected chi connectivity index (χ0v) is 21.1. The average Bonchev–Trinajstić information content (AvgIpc) is 2.91. The number of nitrogens with one attached hydrogen (secondary N) is 1. The molecule has 0 saturated carbocycles. The highest BCUT2D eigenvalue weighted by molar-refractivity contribution is 8.13. The standard InChI is InChI=1S/C27H25FN4O4S/c1-30-20-10-12-22(36-16-17-7-5-4-6-8-17)25(24(20)19-15-18(28)9-11-21(19)35-2)26(34)32-27(37-3)31-23(33)13-14-29/h4-12,15H,13-14,16,29H2,2-3H3,(H,31,32,33,34). The molecule has 0 unspecified atom stereocenters. The first kappa shape index (κ1) is 27.4. The molecule has 8 nitrogen and oxygen atoms in total. The molecule has 2 amide bonds. The lowest BCUT2D eigenvalue weighted by atomic mass is 9.95. The second kappa shape index (κ2) is 13.2. The van der Waals surface area contributed by atoms with E-state index in [1.54, 1.807) is 6.26 Å². The van der Waals surface area contributed by atoms with Crippen LogP contribution < -0.4 is 20.5 Å². The minimum atomic E-state index is -0.785. The number of amidine groups is 1. The molecule has 0 heterocycles. The van der Waals surface area contributed by atoms with Crippen molar-refractivity contribution >= 4 is 34.4 Å². The van der Waals surface area contributed by atoms with Crippen molar-refractivity contribution in [1.82, 2.24) is 5.32 Å². The molecule has 3 aromatic rings. The largest absolute Gasteiger partial charge is 0.496 e. The maximum absolute atomic E-state index is 14.4. The summed E-state index contributed by atoms with van der Waals surface area (Å²) in [6.45, 7) is 7.97. The van der Waals surface area contributed by atoms with E-state index in [1.165, 1.54) is 37.4 Å². The lowest BCUT2D eigenvalue weighted by Crippen LogP contribution is -2.30. The molecular formula is C27H25FN4O4S. The van der Waals surface area contributed by atoms with E-state index in [-0.39, 0.29) is 58.6 Å². The molecular weight excluding hydrogens is 495 g/mol. The number of amides is 2. The smallest absolute Gasteiger partial charge is 0.282 e. The van der Waals surface area contributed by atoms with Gasteiger partial charge >= 0.3 is 0 Å². The molecule has 3 rings (SSSR count). The monoisotopic (exact) mass is 520 g/mol. The summed E-state index contributed by atoms with van der Waals surface area (Å²) in [4.78, 5) is 33.3. The van der Waals surface area contributed by atoms with Gasteiger partial charge in [0.1, 0.15) is 23.9 Å². The summed E-state index contributed by atoms with van der Waals surface area (Å²) in [6.07, 6.45) is 1.70. The Morgan fingerprint density at radius 3 is 2.51 bits per heavy atom. The quantitative estimate of drug-likeness (QED) is 0.247. The van der Waals surface area contributed by atoms with Gasteiger partial charge in [-0.15, -0.1) is 0 Å². The summed E-state index contributed by atoms with van der Waals surface area (Å²) in [7, 11) is 1.41. The Morgan fingerprint density at radius 1 is 1.14 bits per heavy atom. The highest BCUT2D eigenvalue weighted by Gasteiger charge is 2.25. The van der Waals surface area contributed by atoms with Crippen LogP contribution in [0.3, 0.4) is 0 Å². The summed E-state index contributed by atoms with van der Waals surface area (Å²) in [6, 6.07) is 16.1. The summed E-state index contributed by atoms with van der Waals surface area (Å²) in [5.74, 6) is -1.37. The lowest BCUT2D eigenvalue weighted by molar-refractivity contribution is -0.119. The van der Waals surface area contributed by atoms with Crippen molar-refractivity contribution in [3.05, 3.63) is 89.0 Å². The van der Waals surface area contributed by atoms with E-state index in [4.69, 9.17) is 21.8 Å². The zero-order valence-electron chi connectivity index (χ0n) is 20.3. The van der Waals surface area contributed by atoms with Crippen LogP contribution in [0.15, 0.2) is 65.7 Å². The SMILES string of the molecule is [C-]#[N+]c1ccc(OCc2ccccc2)c(C(=O)N=C(NC(=O)CCN)SC)c1-c1cc(F)ccc1OC. The molecule has 0 saturated heterocycles. The van der Waals surface area contributed by atoms with Gasteiger partial charge in [0, 0.05) is 24.1 Å². The van der Waals surface area contributed by atoms with Gasteiger partial charge < -0.3 is 20.5 Å². The van der Waals surface area contributed by atoms with Crippen LogP contribution in [-0.2, 0) is 11.4 Å². The molecule has 190 valence electrons. The summed E-state index contributed by atoms with van der Waals surface area (Å²) >= 11 is 1.06. The first-order valence-electron chi connectivity index (χ1n) is 11.1. The second-order valence-electron chi connectivity index (χ2n) is 7.58. The number of nitrogens with two attached hydrogens (primary N) is 1. The Bertz CT molecular complexity index is 1360. The van der Waals surface area contributed by atoms with E-state index in [2.05, 4.69) is 15.2 Å². The number of halogens is 1. The van der Waals surface area contributed by atoms with Gasteiger partial charge in [-0.1, -0.05) is 48.2 Å². The van der Waals surface area contributed by atoms with Gasteiger partial charge in [-0.25, -0.2) is 9.24 Å². The maximum Gasteiger partial charge on any atom is 0.282 e. The van der Waals surface area contributed by atoms with Gasteiger partial charge in [0.25, 0.3) is 5.91 Å². The van der Waals surface area contributed by atoms with Crippen LogP contribution in [0.5, 0.6) is 11.5 Å². The molecule has 0 radical (unpaired) electrons. The third-order valence-corrected chi connectivity index (χ3v) is 5.74. The van der Waals surface area contributed by atoms with Crippen molar-refractivity contribution in [2.75, 3.05) is 19.9 Å². The maximum atomic E-state index is 14.4. The number of benzene rings is 3. The number of ether oxygens (including phenoxy) is 2. The predicted molar refractivity (Wildman–Crippen MR) is 143 cm³/mol. The summed E-state index contributed by atoms with van der Waals surface area (Å²) in [5, 5.41) is 2.60. The van der Waals surface area contributed by atoms with E-state index in [1.807, 2.05) is 30.3 Å². The number of aliphatic imine (C=N–C) groups is 1. The van der Waals surface area contributed by atoms with E-state index in [0.717, 1.165) is 17.3 Å². The molecule has 10 heteroatoms. The van der Waals surface area contributed by atoms with Crippen molar-refractivity contribution in [3.63, 3.8) is 0 Å². The lowest BCUT2D eigenvalue weighted by Gasteiger charge is -2.18. The molecule has 0 spiro atoms. The van der Waals surface area contributed by atoms with Crippen LogP contribution in [0, 0.1) is 12.4 Å². The Hall–Kier alpha value is -4.20. The van der Waals surface area contributed by atoms with E-state index in [9.17, 15) is 14.0 Å². The molecule has 3 N–H and O–H groups in total. The number of carbonyl (C=O) groups is 2. The molecule has 0 aliphatic rings. The molecule has 0 aromatic heterocycles. The number of hydrogen-bond donors (Lipinski definition) is 2. The van der Waals surface area contributed by atoms with Crippen molar-refractivity contribution in [2.45, 2.75) is 13.0 Å². The van der Waals surface area contributed by atoms with Crippen LogP contribution >= 0.6 is 11.8 Å². The van der Waals surface area contributed by atoms with Gasteiger partial charge in [0.05, 0.1) is 19.2 Å². The highest BCUT2D eigenvalue weighted by atomic mass is 32.2. The summed E-state index contributed by atoms with van der Waals surface area (Å²) < 4.78 is 25.8. The Morgan fingerprint density at radius 2 is 1.86 bits per heavy atom. The second-order valence-corrected chi connectivity index (χ2v) is 8.37. The fraction of sp³-hybridized carbons (Fsp3) is 0.185. The normalized spacial score (nSPS) is 10.9. The van der Waals surface area contributed by atoms with Crippen molar-refractivity contribution < 1.29 is 23.5 Å². The first-order valence-corrected chi connectivity index (χ1v) is 12.4. The van der Waals surface area contributed by atoms with E-state index >= 15 is 0 Å². The van der Waals surface area contributed by atoms with Crippen LogP contribution in [0.25, 0.3) is 16.0 Å². The van der Waals surface area contributed by atoms with Crippen LogP contribution in [0.1, 0.15) is 22.3 Å². The molecule has 0 fully saturated rings. The van der Waals surface area contributed by atoms with Gasteiger partial charge in [0.2, 0.25) is 5.91 Å². The Balaban J connectivity index is 2.21. The molecule has 37 heavy (non-hydrogen) atoms. The van der Waals surface area contributed by atoms with Crippen molar-refractivity contribution in [1.29, 1.82) is 0 Å².